The Bertz CT molecular complexity index is 605. The van der Waals surface area contributed by atoms with E-state index in [1.807, 2.05) is 0 Å². The van der Waals surface area contributed by atoms with Gasteiger partial charge in [-0.15, -0.1) is 0 Å². The first kappa shape index (κ1) is 17.6. The summed E-state index contributed by atoms with van der Waals surface area (Å²) in [4.78, 5) is 11.3. The molecule has 6 nitrogen and oxygen atoms in total. The van der Waals surface area contributed by atoms with Crippen LogP contribution in [0.2, 0.25) is 0 Å². The van der Waals surface area contributed by atoms with Gasteiger partial charge >= 0.3 is 5.97 Å². The number of rotatable bonds is 6. The molecule has 2 N–H and O–H groups in total. The Kier molecular flexibility index (Phi) is 5.14. The SMILES string of the molecule is CCC(C(=O)O)C(C)(O)c1ccc(S(=O)(=O)N(C)C)cc1. The first-order valence-corrected chi connectivity index (χ1v) is 7.97. The fourth-order valence-electron chi connectivity index (χ4n) is 2.19. The second-order valence-corrected chi connectivity index (χ2v) is 7.41. The van der Waals surface area contributed by atoms with Gasteiger partial charge in [0.2, 0.25) is 10.0 Å². The summed E-state index contributed by atoms with van der Waals surface area (Å²) >= 11 is 0. The normalized spacial score (nSPS) is 16.5. The average molecular weight is 315 g/mol. The second kappa shape index (κ2) is 6.13. The van der Waals surface area contributed by atoms with Crippen molar-refractivity contribution in [3.63, 3.8) is 0 Å². The number of carboxylic acids is 1. The molecule has 0 heterocycles. The van der Waals surface area contributed by atoms with Crippen molar-refractivity contribution in [3.8, 4) is 0 Å². The molecule has 0 aliphatic carbocycles. The minimum absolute atomic E-state index is 0.0930. The lowest BCUT2D eigenvalue weighted by Gasteiger charge is -2.30. The van der Waals surface area contributed by atoms with E-state index < -0.39 is 27.5 Å². The number of aliphatic carboxylic acids is 1. The molecule has 0 amide bonds. The maximum atomic E-state index is 12.0. The first-order valence-electron chi connectivity index (χ1n) is 6.53. The summed E-state index contributed by atoms with van der Waals surface area (Å²) in [5, 5.41) is 19.6. The van der Waals surface area contributed by atoms with Crippen molar-refractivity contribution >= 4 is 16.0 Å². The summed E-state index contributed by atoms with van der Waals surface area (Å²) in [6.07, 6.45) is 0.264. The lowest BCUT2D eigenvalue weighted by atomic mass is 9.81. The molecule has 0 aliphatic heterocycles. The fourth-order valence-corrected chi connectivity index (χ4v) is 3.09. The highest BCUT2D eigenvalue weighted by atomic mass is 32.2. The molecule has 0 saturated heterocycles. The lowest BCUT2D eigenvalue weighted by molar-refractivity contribution is -0.152. The van der Waals surface area contributed by atoms with E-state index in [1.165, 1.54) is 45.3 Å². The number of sulfonamides is 1. The third-order valence-electron chi connectivity index (χ3n) is 3.60. The molecule has 0 radical (unpaired) electrons. The van der Waals surface area contributed by atoms with Crippen LogP contribution in [0.3, 0.4) is 0 Å². The van der Waals surface area contributed by atoms with Gasteiger partial charge in [0.15, 0.2) is 0 Å². The summed E-state index contributed by atoms with van der Waals surface area (Å²) in [7, 11) is -0.691. The summed E-state index contributed by atoms with van der Waals surface area (Å²) in [5.41, 5.74) is -1.20. The van der Waals surface area contributed by atoms with Crippen molar-refractivity contribution in [1.29, 1.82) is 0 Å². The molecule has 0 fully saturated rings. The summed E-state index contributed by atoms with van der Waals surface area (Å²) < 4.78 is 25.0. The van der Waals surface area contributed by atoms with Crippen LogP contribution in [0.1, 0.15) is 25.8 Å². The van der Waals surface area contributed by atoms with Crippen LogP contribution in [0.25, 0.3) is 0 Å². The molecule has 0 bridgehead atoms. The Balaban J connectivity index is 3.21. The molecule has 0 saturated carbocycles. The van der Waals surface area contributed by atoms with Gasteiger partial charge in [-0.25, -0.2) is 12.7 Å². The Hall–Kier alpha value is -1.44. The van der Waals surface area contributed by atoms with Crippen molar-refractivity contribution in [3.05, 3.63) is 29.8 Å². The van der Waals surface area contributed by atoms with Gasteiger partial charge in [-0.05, 0) is 31.0 Å². The number of nitrogens with zero attached hydrogens (tertiary/aromatic N) is 1. The van der Waals surface area contributed by atoms with E-state index in [1.54, 1.807) is 6.92 Å². The van der Waals surface area contributed by atoms with E-state index >= 15 is 0 Å². The van der Waals surface area contributed by atoms with Gasteiger partial charge in [-0.1, -0.05) is 19.1 Å². The molecular formula is C14H21NO5S. The van der Waals surface area contributed by atoms with E-state index in [-0.39, 0.29) is 11.3 Å². The number of hydrogen-bond donors (Lipinski definition) is 2. The Morgan fingerprint density at radius 3 is 2.10 bits per heavy atom. The monoisotopic (exact) mass is 315 g/mol. The molecule has 0 aromatic heterocycles. The maximum absolute atomic E-state index is 12.0. The van der Waals surface area contributed by atoms with Gasteiger partial charge in [0.1, 0.15) is 5.60 Å². The number of carbonyl (C=O) groups is 1. The minimum Gasteiger partial charge on any atom is -0.481 e. The van der Waals surface area contributed by atoms with Gasteiger partial charge < -0.3 is 10.2 Å². The van der Waals surface area contributed by atoms with Gasteiger partial charge in [-0.2, -0.15) is 0 Å². The summed E-state index contributed by atoms with van der Waals surface area (Å²) in [6.45, 7) is 3.10. The Labute approximate surface area is 125 Å². The fraction of sp³-hybridized carbons (Fsp3) is 0.500. The average Bonchev–Trinajstić information content (AvgIpc) is 2.38. The zero-order chi connectivity index (χ0) is 16.4. The van der Waals surface area contributed by atoms with Crippen molar-refractivity contribution in [2.24, 2.45) is 5.92 Å². The molecule has 2 unspecified atom stereocenters. The van der Waals surface area contributed by atoms with Crippen LogP contribution >= 0.6 is 0 Å². The number of aliphatic hydroxyl groups is 1. The lowest BCUT2D eigenvalue weighted by Crippen LogP contribution is -2.36. The van der Waals surface area contributed by atoms with Crippen LogP contribution in [-0.2, 0) is 20.4 Å². The van der Waals surface area contributed by atoms with Gasteiger partial charge in [0.25, 0.3) is 0 Å². The van der Waals surface area contributed by atoms with E-state index in [4.69, 9.17) is 5.11 Å². The molecule has 1 aromatic carbocycles. The second-order valence-electron chi connectivity index (χ2n) is 5.26. The molecule has 1 rings (SSSR count). The molecule has 118 valence electrons. The molecule has 1 aromatic rings. The quantitative estimate of drug-likeness (QED) is 0.824. The number of benzene rings is 1. The standard InChI is InChI=1S/C14H21NO5S/c1-5-12(13(16)17)14(2,18)10-6-8-11(9-7-10)21(19,20)15(3)4/h6-9,12,18H,5H2,1-4H3,(H,16,17). The zero-order valence-electron chi connectivity index (χ0n) is 12.6. The van der Waals surface area contributed by atoms with Gasteiger partial charge in [0.05, 0.1) is 10.8 Å². The highest BCUT2D eigenvalue weighted by Gasteiger charge is 2.37. The zero-order valence-corrected chi connectivity index (χ0v) is 13.4. The molecule has 0 spiro atoms. The van der Waals surface area contributed by atoms with Crippen molar-refractivity contribution in [2.75, 3.05) is 14.1 Å². The number of hydrogen-bond acceptors (Lipinski definition) is 4. The largest absolute Gasteiger partial charge is 0.481 e. The smallest absolute Gasteiger partial charge is 0.309 e. The van der Waals surface area contributed by atoms with E-state index in [0.29, 0.717) is 5.56 Å². The molecule has 21 heavy (non-hydrogen) atoms. The number of carboxylic acid groups (broad SMARTS) is 1. The maximum Gasteiger partial charge on any atom is 0.309 e. The van der Waals surface area contributed by atoms with Crippen LogP contribution in [0.5, 0.6) is 0 Å². The van der Waals surface area contributed by atoms with E-state index in [0.717, 1.165) is 4.31 Å². The summed E-state index contributed by atoms with van der Waals surface area (Å²) in [5.74, 6) is -2.05. The van der Waals surface area contributed by atoms with Crippen LogP contribution in [0, 0.1) is 5.92 Å². The minimum atomic E-state index is -3.55. The van der Waals surface area contributed by atoms with E-state index in [9.17, 15) is 18.3 Å². The van der Waals surface area contributed by atoms with Crippen molar-refractivity contribution < 1.29 is 23.4 Å². The highest BCUT2D eigenvalue weighted by Crippen LogP contribution is 2.32. The Morgan fingerprint density at radius 1 is 1.29 bits per heavy atom. The van der Waals surface area contributed by atoms with E-state index in [2.05, 4.69) is 0 Å². The molecule has 7 heteroatoms. The van der Waals surface area contributed by atoms with Crippen LogP contribution < -0.4 is 0 Å². The van der Waals surface area contributed by atoms with Crippen LogP contribution in [0.15, 0.2) is 29.2 Å². The predicted octanol–water partition coefficient (Wildman–Crippen LogP) is 1.26. The summed E-state index contributed by atoms with van der Waals surface area (Å²) in [6, 6.07) is 5.63. The van der Waals surface area contributed by atoms with Crippen LogP contribution in [-0.4, -0.2) is 43.0 Å². The van der Waals surface area contributed by atoms with Gasteiger partial charge in [-0.3, -0.25) is 4.79 Å². The highest BCUT2D eigenvalue weighted by molar-refractivity contribution is 7.89. The first-order chi connectivity index (χ1) is 9.55. The molecular weight excluding hydrogens is 294 g/mol. The Morgan fingerprint density at radius 2 is 1.76 bits per heavy atom. The molecule has 2 atom stereocenters. The van der Waals surface area contributed by atoms with Crippen LogP contribution in [0.4, 0.5) is 0 Å². The predicted molar refractivity (Wildman–Crippen MR) is 78.3 cm³/mol. The third-order valence-corrected chi connectivity index (χ3v) is 5.43. The van der Waals surface area contributed by atoms with Crippen molar-refractivity contribution in [2.45, 2.75) is 30.8 Å². The van der Waals surface area contributed by atoms with Crippen molar-refractivity contribution in [1.82, 2.24) is 4.31 Å². The van der Waals surface area contributed by atoms with Gasteiger partial charge in [0, 0.05) is 14.1 Å². The third kappa shape index (κ3) is 3.42. The molecule has 0 aliphatic rings. The topological polar surface area (TPSA) is 94.9 Å².